The Bertz CT molecular complexity index is 463. The molecule has 2 nitrogen and oxygen atoms in total. The lowest BCUT2D eigenvalue weighted by Crippen LogP contribution is -2.32. The zero-order chi connectivity index (χ0) is 14.8. The molecule has 3 rings (SSSR count). The van der Waals surface area contributed by atoms with Gasteiger partial charge < -0.3 is 10.2 Å². The zero-order valence-corrected chi connectivity index (χ0v) is 12.6. The van der Waals surface area contributed by atoms with Gasteiger partial charge in [0.1, 0.15) is 11.6 Å². The molecule has 0 radical (unpaired) electrons. The molecule has 0 bridgehead atoms. The first-order valence-corrected chi connectivity index (χ1v) is 8.03. The third-order valence-electron chi connectivity index (χ3n) is 4.59. The smallest absolute Gasteiger partial charge is 0.126 e. The third-order valence-corrected chi connectivity index (χ3v) is 4.59. The summed E-state index contributed by atoms with van der Waals surface area (Å²) in [4.78, 5) is 2.58. The number of hydrogen-bond donors (Lipinski definition) is 1. The van der Waals surface area contributed by atoms with Crippen molar-refractivity contribution in [3.8, 4) is 0 Å². The van der Waals surface area contributed by atoms with Crippen LogP contribution in [0.15, 0.2) is 18.2 Å². The van der Waals surface area contributed by atoms with Crippen molar-refractivity contribution >= 4 is 0 Å². The van der Waals surface area contributed by atoms with Gasteiger partial charge in [0.25, 0.3) is 0 Å². The van der Waals surface area contributed by atoms with Gasteiger partial charge in [-0.2, -0.15) is 0 Å². The first kappa shape index (κ1) is 14.9. The molecule has 2 fully saturated rings. The van der Waals surface area contributed by atoms with Crippen LogP contribution in [0.3, 0.4) is 0 Å². The van der Waals surface area contributed by atoms with E-state index in [1.807, 2.05) is 7.05 Å². The van der Waals surface area contributed by atoms with Crippen molar-refractivity contribution in [1.82, 2.24) is 10.2 Å². The summed E-state index contributed by atoms with van der Waals surface area (Å²) in [6.45, 7) is 2.21. The number of nitrogens with one attached hydrogen (secondary N) is 1. The lowest BCUT2D eigenvalue weighted by atomic mass is 10.0. The molecule has 1 atom stereocenters. The topological polar surface area (TPSA) is 15.3 Å². The lowest BCUT2D eigenvalue weighted by Gasteiger charge is -2.25. The summed E-state index contributed by atoms with van der Waals surface area (Å²) in [5.41, 5.74) is 0.706. The van der Waals surface area contributed by atoms with E-state index in [1.165, 1.54) is 44.4 Å². The highest BCUT2D eigenvalue weighted by Gasteiger charge is 2.33. The fourth-order valence-corrected chi connectivity index (χ4v) is 3.04. The van der Waals surface area contributed by atoms with Crippen molar-refractivity contribution < 1.29 is 8.78 Å². The standard InChI is InChI=1S/C17H24F2N2/c1-20-17(13-8-14(18)10-15(19)9-13)6-7-21(16-4-5-16)11-12-2-3-12/h8-10,12,16-17,20H,2-7,11H2,1H3. The minimum atomic E-state index is -0.498. The summed E-state index contributed by atoms with van der Waals surface area (Å²) < 4.78 is 26.7. The van der Waals surface area contributed by atoms with E-state index in [9.17, 15) is 8.78 Å². The van der Waals surface area contributed by atoms with Gasteiger partial charge in [0.05, 0.1) is 0 Å². The number of nitrogens with zero attached hydrogens (tertiary/aromatic N) is 1. The van der Waals surface area contributed by atoms with Gasteiger partial charge in [0, 0.05) is 31.2 Å². The molecule has 0 saturated heterocycles. The molecular weight excluding hydrogens is 270 g/mol. The van der Waals surface area contributed by atoms with Crippen LogP contribution in [-0.4, -0.2) is 31.1 Å². The molecule has 0 aromatic heterocycles. The van der Waals surface area contributed by atoms with Crippen molar-refractivity contribution in [3.05, 3.63) is 35.4 Å². The van der Waals surface area contributed by atoms with Gasteiger partial charge in [0.15, 0.2) is 0 Å². The zero-order valence-electron chi connectivity index (χ0n) is 12.6. The van der Waals surface area contributed by atoms with E-state index in [0.29, 0.717) is 5.56 Å². The minimum absolute atomic E-state index is 0.00986. The maximum Gasteiger partial charge on any atom is 0.126 e. The fraction of sp³-hybridized carbons (Fsp3) is 0.647. The quantitative estimate of drug-likeness (QED) is 0.789. The predicted molar refractivity (Wildman–Crippen MR) is 80.1 cm³/mol. The van der Waals surface area contributed by atoms with E-state index in [0.717, 1.165) is 31.0 Å². The lowest BCUT2D eigenvalue weighted by molar-refractivity contribution is 0.239. The Morgan fingerprint density at radius 3 is 2.33 bits per heavy atom. The van der Waals surface area contributed by atoms with Crippen molar-refractivity contribution in [2.75, 3.05) is 20.1 Å². The van der Waals surface area contributed by atoms with Crippen LogP contribution >= 0.6 is 0 Å². The number of rotatable bonds is 8. The van der Waals surface area contributed by atoms with Crippen LogP contribution in [0.25, 0.3) is 0 Å². The molecule has 4 heteroatoms. The Labute approximate surface area is 125 Å². The first-order valence-electron chi connectivity index (χ1n) is 8.03. The largest absolute Gasteiger partial charge is 0.313 e. The number of benzene rings is 1. The molecular formula is C17H24F2N2. The summed E-state index contributed by atoms with van der Waals surface area (Å²) in [7, 11) is 1.86. The first-order chi connectivity index (χ1) is 10.2. The summed E-state index contributed by atoms with van der Waals surface area (Å²) in [5.74, 6) is -0.102. The van der Waals surface area contributed by atoms with Crippen molar-refractivity contribution in [3.63, 3.8) is 0 Å². The van der Waals surface area contributed by atoms with Crippen LogP contribution in [0, 0.1) is 17.6 Å². The van der Waals surface area contributed by atoms with E-state index in [4.69, 9.17) is 0 Å². The molecule has 0 heterocycles. The summed E-state index contributed by atoms with van der Waals surface area (Å²) in [5, 5.41) is 3.20. The second-order valence-corrected chi connectivity index (χ2v) is 6.50. The monoisotopic (exact) mass is 294 g/mol. The third kappa shape index (κ3) is 4.24. The Morgan fingerprint density at radius 1 is 1.14 bits per heavy atom. The number of halogens is 2. The average Bonchev–Trinajstić information content (AvgIpc) is 3.30. The van der Waals surface area contributed by atoms with E-state index in [1.54, 1.807) is 0 Å². The molecule has 1 unspecified atom stereocenters. The molecule has 2 aliphatic rings. The fourth-order valence-electron chi connectivity index (χ4n) is 3.04. The molecule has 116 valence electrons. The van der Waals surface area contributed by atoms with Crippen LogP contribution in [0.4, 0.5) is 8.78 Å². The minimum Gasteiger partial charge on any atom is -0.313 e. The highest BCUT2D eigenvalue weighted by atomic mass is 19.1. The summed E-state index contributed by atoms with van der Waals surface area (Å²) in [6.07, 6.45) is 6.25. The van der Waals surface area contributed by atoms with E-state index in [2.05, 4.69) is 10.2 Å². The molecule has 0 spiro atoms. The Balaban J connectivity index is 1.60. The van der Waals surface area contributed by atoms with Gasteiger partial charge in [-0.15, -0.1) is 0 Å². The maximum absolute atomic E-state index is 13.4. The van der Waals surface area contributed by atoms with Gasteiger partial charge in [-0.3, -0.25) is 0 Å². The molecule has 21 heavy (non-hydrogen) atoms. The summed E-state index contributed by atoms with van der Waals surface area (Å²) >= 11 is 0. The van der Waals surface area contributed by atoms with Crippen molar-refractivity contribution in [2.45, 2.75) is 44.2 Å². The predicted octanol–water partition coefficient (Wildman–Crippen LogP) is 3.49. The number of hydrogen-bond acceptors (Lipinski definition) is 2. The van der Waals surface area contributed by atoms with Gasteiger partial charge >= 0.3 is 0 Å². The molecule has 1 aromatic rings. The van der Waals surface area contributed by atoms with Gasteiger partial charge in [-0.25, -0.2) is 8.78 Å². The van der Waals surface area contributed by atoms with Gasteiger partial charge in [0.2, 0.25) is 0 Å². The molecule has 1 N–H and O–H groups in total. The van der Waals surface area contributed by atoms with E-state index < -0.39 is 11.6 Å². The Hall–Kier alpha value is -1.00. The highest BCUT2D eigenvalue weighted by molar-refractivity contribution is 5.21. The normalized spacial score (nSPS) is 20.0. The molecule has 2 aliphatic carbocycles. The summed E-state index contributed by atoms with van der Waals surface area (Å²) in [6, 6.07) is 4.57. The Kier molecular flexibility index (Phi) is 4.55. The van der Waals surface area contributed by atoms with E-state index in [-0.39, 0.29) is 6.04 Å². The van der Waals surface area contributed by atoms with Crippen molar-refractivity contribution in [2.24, 2.45) is 5.92 Å². The molecule has 1 aromatic carbocycles. The molecule has 0 amide bonds. The van der Waals surface area contributed by atoms with Crippen LogP contribution in [-0.2, 0) is 0 Å². The molecule has 0 aliphatic heterocycles. The van der Waals surface area contributed by atoms with Crippen LogP contribution in [0.2, 0.25) is 0 Å². The SMILES string of the molecule is CNC(CCN(CC1CC1)C1CC1)c1cc(F)cc(F)c1. The second kappa shape index (κ2) is 6.41. The van der Waals surface area contributed by atoms with E-state index >= 15 is 0 Å². The van der Waals surface area contributed by atoms with Gasteiger partial charge in [-0.05, 0) is 62.8 Å². The van der Waals surface area contributed by atoms with Crippen LogP contribution in [0.1, 0.15) is 43.7 Å². The second-order valence-electron chi connectivity index (χ2n) is 6.50. The van der Waals surface area contributed by atoms with Crippen LogP contribution < -0.4 is 5.32 Å². The average molecular weight is 294 g/mol. The Morgan fingerprint density at radius 2 is 1.81 bits per heavy atom. The van der Waals surface area contributed by atoms with Gasteiger partial charge in [-0.1, -0.05) is 0 Å². The molecule has 2 saturated carbocycles. The maximum atomic E-state index is 13.4. The highest BCUT2D eigenvalue weighted by Crippen LogP contribution is 2.35. The van der Waals surface area contributed by atoms with Crippen LogP contribution in [0.5, 0.6) is 0 Å². The van der Waals surface area contributed by atoms with Crippen molar-refractivity contribution in [1.29, 1.82) is 0 Å².